The number of aryl methyl sites for hydroxylation is 1. The molecule has 0 saturated heterocycles. The normalized spacial score (nSPS) is 16.6. The number of hydrogen-bond donors (Lipinski definition) is 0. The first-order chi connectivity index (χ1) is 13.0. The Hall–Kier alpha value is -2.07. The van der Waals surface area contributed by atoms with E-state index >= 15 is 0 Å². The van der Waals surface area contributed by atoms with Crippen LogP contribution in [-0.2, 0) is 10.0 Å². The maximum absolute atomic E-state index is 13.5. The van der Waals surface area contributed by atoms with Crippen molar-refractivity contribution in [2.45, 2.75) is 63.3 Å². The molecule has 1 heterocycles. The zero-order valence-electron chi connectivity index (χ0n) is 16.3. The molecule has 0 saturated carbocycles. The van der Waals surface area contributed by atoms with Gasteiger partial charge in [-0.1, -0.05) is 81.5 Å². The molecule has 0 fully saturated rings. The van der Waals surface area contributed by atoms with E-state index in [0.717, 1.165) is 41.6 Å². The summed E-state index contributed by atoms with van der Waals surface area (Å²) < 4.78 is 28.6. The first-order valence-corrected chi connectivity index (χ1v) is 11.3. The van der Waals surface area contributed by atoms with E-state index in [9.17, 15) is 8.42 Å². The lowest BCUT2D eigenvalue weighted by molar-refractivity contribution is 0.567. The summed E-state index contributed by atoms with van der Waals surface area (Å²) in [6, 6.07) is 14.6. The highest BCUT2D eigenvalue weighted by atomic mass is 32.2. The Balaban J connectivity index is 1.93. The number of para-hydroxylation sites is 1. The summed E-state index contributed by atoms with van der Waals surface area (Å²) in [6.07, 6.45) is 6.59. The van der Waals surface area contributed by atoms with Gasteiger partial charge in [0.15, 0.2) is 0 Å². The zero-order valence-corrected chi connectivity index (χ0v) is 17.1. The smallest absolute Gasteiger partial charge is 0.258 e. The van der Waals surface area contributed by atoms with Crippen LogP contribution in [0.5, 0.6) is 0 Å². The number of sulfonamides is 1. The number of nitrogens with zero attached hydrogens (tertiary/aromatic N) is 1. The lowest BCUT2D eigenvalue weighted by Gasteiger charge is -2.27. The minimum atomic E-state index is -3.63. The van der Waals surface area contributed by atoms with Gasteiger partial charge in [0.1, 0.15) is 0 Å². The summed E-state index contributed by atoms with van der Waals surface area (Å²) in [4.78, 5) is 0.341. The Bertz CT molecular complexity index is 900. The molecule has 1 aliphatic rings. The third kappa shape index (κ3) is 3.96. The molecule has 144 valence electrons. The maximum Gasteiger partial charge on any atom is 0.264 e. The fraction of sp³-hybridized carbons (Fsp3) is 0.391. The lowest BCUT2D eigenvalue weighted by atomic mass is 9.99. The quantitative estimate of drug-likeness (QED) is 0.529. The topological polar surface area (TPSA) is 37.4 Å². The molecular formula is C23H29NO2S. The number of rotatable bonds is 8. The first kappa shape index (κ1) is 19.7. The van der Waals surface area contributed by atoms with Crippen LogP contribution in [0.3, 0.4) is 0 Å². The van der Waals surface area contributed by atoms with Crippen molar-refractivity contribution in [1.82, 2.24) is 0 Å². The monoisotopic (exact) mass is 383 g/mol. The number of unbranched alkanes of at least 4 members (excludes halogenated alkanes) is 4. The molecule has 0 unspecified atom stereocenters. The lowest BCUT2D eigenvalue weighted by Crippen LogP contribution is -2.37. The third-order valence-electron chi connectivity index (χ3n) is 5.33. The summed E-state index contributed by atoms with van der Waals surface area (Å²) in [5.41, 5.74) is 3.66. The van der Waals surface area contributed by atoms with Gasteiger partial charge in [-0.15, -0.1) is 0 Å². The van der Waals surface area contributed by atoms with Crippen molar-refractivity contribution in [1.29, 1.82) is 0 Å². The van der Waals surface area contributed by atoms with E-state index < -0.39 is 10.0 Å². The van der Waals surface area contributed by atoms with E-state index in [1.807, 2.05) is 43.3 Å². The fourth-order valence-electron chi connectivity index (χ4n) is 3.78. The predicted octanol–water partition coefficient (Wildman–Crippen LogP) is 5.95. The molecule has 4 heteroatoms. The molecule has 0 radical (unpaired) electrons. The van der Waals surface area contributed by atoms with Crippen molar-refractivity contribution in [2.24, 2.45) is 0 Å². The molecule has 0 aromatic heterocycles. The average Bonchev–Trinajstić information content (AvgIpc) is 2.95. The van der Waals surface area contributed by atoms with Crippen LogP contribution in [0.4, 0.5) is 5.69 Å². The van der Waals surface area contributed by atoms with Crippen molar-refractivity contribution in [3.05, 3.63) is 66.2 Å². The molecule has 2 aromatic carbocycles. The van der Waals surface area contributed by atoms with Crippen LogP contribution in [0.15, 0.2) is 60.0 Å². The highest BCUT2D eigenvalue weighted by molar-refractivity contribution is 7.93. The summed E-state index contributed by atoms with van der Waals surface area (Å²) in [5.74, 6) is 0. The Morgan fingerprint density at radius 1 is 0.963 bits per heavy atom. The van der Waals surface area contributed by atoms with E-state index in [-0.39, 0.29) is 6.04 Å². The molecule has 27 heavy (non-hydrogen) atoms. The first-order valence-electron chi connectivity index (χ1n) is 9.86. The van der Waals surface area contributed by atoms with E-state index in [1.165, 1.54) is 19.3 Å². The van der Waals surface area contributed by atoms with Crippen LogP contribution >= 0.6 is 0 Å². The van der Waals surface area contributed by atoms with E-state index in [2.05, 4.69) is 13.5 Å². The van der Waals surface area contributed by atoms with Crippen LogP contribution in [0.1, 0.15) is 56.6 Å². The van der Waals surface area contributed by atoms with Gasteiger partial charge in [0, 0.05) is 5.56 Å². The maximum atomic E-state index is 13.5. The average molecular weight is 384 g/mol. The van der Waals surface area contributed by atoms with Crippen LogP contribution in [0, 0.1) is 6.92 Å². The van der Waals surface area contributed by atoms with Crippen molar-refractivity contribution >= 4 is 21.3 Å². The highest BCUT2D eigenvalue weighted by Gasteiger charge is 2.40. The van der Waals surface area contributed by atoms with Crippen LogP contribution in [-0.4, -0.2) is 14.5 Å². The predicted molar refractivity (Wildman–Crippen MR) is 113 cm³/mol. The number of benzene rings is 2. The molecular weight excluding hydrogens is 354 g/mol. The van der Waals surface area contributed by atoms with Gasteiger partial charge in [-0.2, -0.15) is 0 Å². The van der Waals surface area contributed by atoms with Crippen molar-refractivity contribution in [3.8, 4) is 0 Å². The standard InChI is InChI=1S/C23H29NO2S/c1-4-5-6-7-8-12-22-19(3)21-11-9-10-13-23(21)24(22)27(25,26)20-16-14-18(2)15-17-20/h9-11,13-17,22H,3-8,12H2,1-2H3/t22-/m1/s1. The number of anilines is 1. The Labute approximate surface area is 163 Å². The highest BCUT2D eigenvalue weighted by Crippen LogP contribution is 2.44. The van der Waals surface area contributed by atoms with Crippen LogP contribution in [0.25, 0.3) is 5.57 Å². The van der Waals surface area contributed by atoms with Gasteiger partial charge in [0.2, 0.25) is 0 Å². The molecule has 0 spiro atoms. The van der Waals surface area contributed by atoms with Gasteiger partial charge in [0.05, 0.1) is 16.6 Å². The second-order valence-electron chi connectivity index (χ2n) is 7.37. The largest absolute Gasteiger partial charge is 0.264 e. The second-order valence-corrected chi connectivity index (χ2v) is 9.19. The molecule has 3 nitrogen and oxygen atoms in total. The van der Waals surface area contributed by atoms with Gasteiger partial charge in [-0.3, -0.25) is 4.31 Å². The van der Waals surface area contributed by atoms with Gasteiger partial charge < -0.3 is 0 Å². The van der Waals surface area contributed by atoms with Crippen LogP contribution < -0.4 is 4.31 Å². The summed E-state index contributed by atoms with van der Waals surface area (Å²) in [6.45, 7) is 8.42. The van der Waals surface area contributed by atoms with Crippen LogP contribution in [0.2, 0.25) is 0 Å². The molecule has 1 aliphatic heterocycles. The fourth-order valence-corrected chi connectivity index (χ4v) is 5.47. The van der Waals surface area contributed by atoms with Gasteiger partial charge >= 0.3 is 0 Å². The van der Waals surface area contributed by atoms with Gasteiger partial charge in [-0.25, -0.2) is 8.42 Å². The molecule has 0 N–H and O–H groups in total. The number of hydrogen-bond acceptors (Lipinski definition) is 2. The zero-order chi connectivity index (χ0) is 19.4. The molecule has 0 aliphatic carbocycles. The molecule has 2 aromatic rings. The number of fused-ring (bicyclic) bond motifs is 1. The summed E-state index contributed by atoms with van der Waals surface area (Å²) in [7, 11) is -3.63. The van der Waals surface area contributed by atoms with E-state index in [4.69, 9.17) is 0 Å². The van der Waals surface area contributed by atoms with Crippen molar-refractivity contribution in [2.75, 3.05) is 4.31 Å². The van der Waals surface area contributed by atoms with Crippen molar-refractivity contribution < 1.29 is 8.42 Å². The molecule has 3 rings (SSSR count). The Morgan fingerprint density at radius 2 is 1.63 bits per heavy atom. The SMILES string of the molecule is C=C1c2ccccc2N(S(=O)(=O)c2ccc(C)cc2)[C@@H]1CCCCCCC. The summed E-state index contributed by atoms with van der Waals surface area (Å²) in [5, 5.41) is 0. The summed E-state index contributed by atoms with van der Waals surface area (Å²) >= 11 is 0. The Kier molecular flexibility index (Phi) is 6.05. The Morgan fingerprint density at radius 3 is 2.33 bits per heavy atom. The second kappa shape index (κ2) is 8.30. The van der Waals surface area contributed by atoms with E-state index in [0.29, 0.717) is 4.90 Å². The van der Waals surface area contributed by atoms with Crippen molar-refractivity contribution in [3.63, 3.8) is 0 Å². The minimum Gasteiger partial charge on any atom is -0.258 e. The molecule has 0 bridgehead atoms. The minimum absolute atomic E-state index is 0.199. The van der Waals surface area contributed by atoms with Gasteiger partial charge in [-0.05, 0) is 37.1 Å². The van der Waals surface area contributed by atoms with Gasteiger partial charge in [0.25, 0.3) is 10.0 Å². The molecule has 0 amide bonds. The molecule has 1 atom stereocenters. The third-order valence-corrected chi connectivity index (χ3v) is 7.17. The van der Waals surface area contributed by atoms with E-state index in [1.54, 1.807) is 16.4 Å².